The van der Waals surface area contributed by atoms with Gasteiger partial charge in [-0.05, 0) is 38.0 Å². The molecule has 1 saturated carbocycles. The zero-order valence-corrected chi connectivity index (χ0v) is 13.7. The van der Waals surface area contributed by atoms with Crippen molar-refractivity contribution in [2.75, 3.05) is 0 Å². The Hall–Kier alpha value is -0.280. The minimum atomic E-state index is -0.603. The van der Waals surface area contributed by atoms with E-state index in [0.717, 1.165) is 38.5 Å². The van der Waals surface area contributed by atoms with Crippen LogP contribution in [0.2, 0.25) is 0 Å². The summed E-state index contributed by atoms with van der Waals surface area (Å²) < 4.78 is 0. The molecule has 114 valence electrons. The molecule has 4 heteroatoms. The Kier molecular flexibility index (Phi) is 7.38. The summed E-state index contributed by atoms with van der Waals surface area (Å²) in [6, 6.07) is 0.221. The van der Waals surface area contributed by atoms with Gasteiger partial charge in [0.1, 0.15) is 0 Å². The fourth-order valence-electron chi connectivity index (χ4n) is 2.50. The molecule has 1 rings (SSSR count). The molecule has 19 heavy (non-hydrogen) atoms. The quantitative estimate of drug-likeness (QED) is 0.834. The Morgan fingerprint density at radius 1 is 1.26 bits per heavy atom. The van der Waals surface area contributed by atoms with Crippen LogP contribution in [0.1, 0.15) is 72.6 Å². The second kappa shape index (κ2) is 7.49. The van der Waals surface area contributed by atoms with Gasteiger partial charge in [0.25, 0.3) is 0 Å². The van der Waals surface area contributed by atoms with Crippen molar-refractivity contribution in [3.8, 4) is 0 Å². The van der Waals surface area contributed by atoms with E-state index in [1.54, 1.807) is 0 Å². The highest BCUT2D eigenvalue weighted by Gasteiger charge is 2.35. The van der Waals surface area contributed by atoms with Crippen LogP contribution in [-0.4, -0.2) is 17.5 Å². The Labute approximate surface area is 124 Å². The fourth-order valence-corrected chi connectivity index (χ4v) is 2.50. The molecule has 1 unspecified atom stereocenters. The molecule has 1 aliphatic carbocycles. The molecule has 1 atom stereocenters. The van der Waals surface area contributed by atoms with Crippen molar-refractivity contribution in [3.63, 3.8) is 0 Å². The topological polar surface area (TPSA) is 55.1 Å². The van der Waals surface area contributed by atoms with E-state index >= 15 is 0 Å². The van der Waals surface area contributed by atoms with Crippen LogP contribution in [0.25, 0.3) is 0 Å². The summed E-state index contributed by atoms with van der Waals surface area (Å²) in [4.78, 5) is 12.2. The van der Waals surface area contributed by atoms with Crippen LogP contribution in [-0.2, 0) is 4.79 Å². The van der Waals surface area contributed by atoms with Crippen molar-refractivity contribution in [1.82, 2.24) is 5.32 Å². The lowest BCUT2D eigenvalue weighted by molar-refractivity contribution is -0.128. The average Bonchev–Trinajstić information content (AvgIpc) is 2.26. The van der Waals surface area contributed by atoms with Gasteiger partial charge in [-0.1, -0.05) is 40.0 Å². The van der Waals surface area contributed by atoms with Crippen LogP contribution in [0.5, 0.6) is 0 Å². The van der Waals surface area contributed by atoms with Crippen molar-refractivity contribution in [1.29, 1.82) is 0 Å². The molecule has 0 aliphatic heterocycles. The third-order valence-electron chi connectivity index (χ3n) is 3.90. The van der Waals surface area contributed by atoms with Gasteiger partial charge in [-0.2, -0.15) is 0 Å². The number of nitrogens with one attached hydrogen (secondary N) is 1. The van der Waals surface area contributed by atoms with Gasteiger partial charge in [0.2, 0.25) is 5.91 Å². The number of rotatable bonds is 4. The molecule has 0 bridgehead atoms. The highest BCUT2D eigenvalue weighted by atomic mass is 35.5. The molecule has 1 aliphatic rings. The Morgan fingerprint density at radius 3 is 2.26 bits per heavy atom. The van der Waals surface area contributed by atoms with Crippen LogP contribution >= 0.6 is 12.4 Å². The molecule has 0 aromatic rings. The first-order valence-electron chi connectivity index (χ1n) is 7.33. The van der Waals surface area contributed by atoms with Crippen LogP contribution in [0.4, 0.5) is 0 Å². The molecular weight excluding hydrogens is 260 g/mol. The molecule has 0 heterocycles. The number of amides is 1. The first-order valence-corrected chi connectivity index (χ1v) is 7.33. The van der Waals surface area contributed by atoms with Crippen molar-refractivity contribution >= 4 is 18.3 Å². The SMILES string of the molecule is CC(CCC(C)(C)C)NC(=O)C1(N)CCCCC1.Cl. The summed E-state index contributed by atoms with van der Waals surface area (Å²) in [6.45, 7) is 8.77. The van der Waals surface area contributed by atoms with Gasteiger partial charge < -0.3 is 11.1 Å². The van der Waals surface area contributed by atoms with Crippen LogP contribution in [0.3, 0.4) is 0 Å². The molecule has 1 fully saturated rings. The van der Waals surface area contributed by atoms with Gasteiger partial charge in [-0.15, -0.1) is 12.4 Å². The summed E-state index contributed by atoms with van der Waals surface area (Å²) in [7, 11) is 0. The smallest absolute Gasteiger partial charge is 0.240 e. The molecule has 0 spiro atoms. The Morgan fingerprint density at radius 2 is 1.79 bits per heavy atom. The maximum Gasteiger partial charge on any atom is 0.240 e. The minimum Gasteiger partial charge on any atom is -0.352 e. The van der Waals surface area contributed by atoms with Gasteiger partial charge >= 0.3 is 0 Å². The van der Waals surface area contributed by atoms with Crippen LogP contribution in [0.15, 0.2) is 0 Å². The third-order valence-corrected chi connectivity index (χ3v) is 3.90. The largest absolute Gasteiger partial charge is 0.352 e. The van der Waals surface area contributed by atoms with E-state index in [1.807, 2.05) is 0 Å². The summed E-state index contributed by atoms with van der Waals surface area (Å²) >= 11 is 0. The lowest BCUT2D eigenvalue weighted by Crippen LogP contribution is -2.56. The standard InChI is InChI=1S/C15H30N2O.ClH/c1-12(8-11-14(2,3)4)17-13(18)15(16)9-6-5-7-10-15;/h12H,5-11,16H2,1-4H3,(H,17,18);1H. The normalized spacial score (nSPS) is 20.3. The molecule has 0 aromatic carbocycles. The summed E-state index contributed by atoms with van der Waals surface area (Å²) in [5, 5.41) is 3.10. The Bertz CT molecular complexity index is 280. The average molecular weight is 291 g/mol. The number of carbonyl (C=O) groups is 1. The van der Waals surface area contributed by atoms with E-state index in [2.05, 4.69) is 33.0 Å². The van der Waals surface area contributed by atoms with E-state index < -0.39 is 5.54 Å². The second-order valence-corrected chi connectivity index (χ2v) is 7.19. The molecular formula is C15H31ClN2O. The number of carbonyl (C=O) groups excluding carboxylic acids is 1. The molecule has 0 aromatic heterocycles. The maximum atomic E-state index is 12.2. The summed E-state index contributed by atoms with van der Waals surface area (Å²) in [5.41, 5.74) is 5.94. The lowest BCUT2D eigenvalue weighted by Gasteiger charge is -2.33. The first-order chi connectivity index (χ1) is 8.23. The highest BCUT2D eigenvalue weighted by molar-refractivity contribution is 5.86. The predicted molar refractivity (Wildman–Crippen MR) is 83.5 cm³/mol. The van der Waals surface area contributed by atoms with Crippen LogP contribution < -0.4 is 11.1 Å². The van der Waals surface area contributed by atoms with E-state index in [-0.39, 0.29) is 24.4 Å². The van der Waals surface area contributed by atoms with Crippen molar-refractivity contribution in [3.05, 3.63) is 0 Å². The second-order valence-electron chi connectivity index (χ2n) is 7.19. The van der Waals surface area contributed by atoms with E-state index in [0.29, 0.717) is 5.41 Å². The highest BCUT2D eigenvalue weighted by Crippen LogP contribution is 2.26. The molecule has 3 N–H and O–H groups in total. The lowest BCUT2D eigenvalue weighted by atomic mass is 9.81. The fraction of sp³-hybridized carbons (Fsp3) is 0.933. The van der Waals surface area contributed by atoms with Gasteiger partial charge in [0.05, 0.1) is 5.54 Å². The predicted octanol–water partition coefficient (Wildman–Crippen LogP) is 3.40. The number of nitrogens with two attached hydrogens (primary N) is 1. The first kappa shape index (κ1) is 18.7. The molecule has 1 amide bonds. The van der Waals surface area contributed by atoms with E-state index in [9.17, 15) is 4.79 Å². The maximum absolute atomic E-state index is 12.2. The summed E-state index contributed by atoms with van der Waals surface area (Å²) in [5.74, 6) is 0.0589. The van der Waals surface area contributed by atoms with Gasteiger partial charge in [-0.3, -0.25) is 4.79 Å². The molecule has 0 saturated heterocycles. The molecule has 0 radical (unpaired) electrons. The zero-order valence-electron chi connectivity index (χ0n) is 12.9. The van der Waals surface area contributed by atoms with Gasteiger partial charge in [0, 0.05) is 6.04 Å². The third kappa shape index (κ3) is 6.62. The van der Waals surface area contributed by atoms with Gasteiger partial charge in [-0.25, -0.2) is 0 Å². The van der Waals surface area contributed by atoms with Crippen molar-refractivity contribution in [2.24, 2.45) is 11.1 Å². The van der Waals surface area contributed by atoms with Crippen LogP contribution in [0, 0.1) is 5.41 Å². The number of halogens is 1. The van der Waals surface area contributed by atoms with Crippen molar-refractivity contribution < 1.29 is 4.79 Å². The zero-order chi connectivity index (χ0) is 13.8. The number of hydrogen-bond donors (Lipinski definition) is 2. The summed E-state index contributed by atoms with van der Waals surface area (Å²) in [6.07, 6.45) is 7.19. The monoisotopic (exact) mass is 290 g/mol. The van der Waals surface area contributed by atoms with E-state index in [1.165, 1.54) is 6.42 Å². The van der Waals surface area contributed by atoms with E-state index in [4.69, 9.17) is 5.73 Å². The van der Waals surface area contributed by atoms with Gasteiger partial charge in [0.15, 0.2) is 0 Å². The van der Waals surface area contributed by atoms with Crippen molar-refractivity contribution in [2.45, 2.75) is 84.2 Å². The Balaban J connectivity index is 0.00000324. The number of hydrogen-bond acceptors (Lipinski definition) is 2. The minimum absolute atomic E-state index is 0. The molecule has 3 nitrogen and oxygen atoms in total.